The van der Waals surface area contributed by atoms with Crippen molar-refractivity contribution in [3.63, 3.8) is 0 Å². The lowest BCUT2D eigenvalue weighted by atomic mass is 10.1. The molecule has 1 aliphatic heterocycles. The van der Waals surface area contributed by atoms with Crippen LogP contribution in [0.15, 0.2) is 42.5 Å². The highest BCUT2D eigenvalue weighted by atomic mass is 16.5. The summed E-state index contributed by atoms with van der Waals surface area (Å²) in [5.41, 5.74) is -0.0253. The molecule has 10 heteroatoms. The summed E-state index contributed by atoms with van der Waals surface area (Å²) in [5, 5.41) is 4.66. The topological polar surface area (TPSA) is 131 Å². The molecule has 0 aliphatic carbocycles. The molecule has 0 radical (unpaired) electrons. The van der Waals surface area contributed by atoms with E-state index in [0.29, 0.717) is 18.0 Å². The third-order valence-corrected chi connectivity index (χ3v) is 4.91. The monoisotopic (exact) mass is 481 g/mol. The van der Waals surface area contributed by atoms with Crippen molar-refractivity contribution < 1.29 is 33.4 Å². The van der Waals surface area contributed by atoms with Gasteiger partial charge in [-0.2, -0.15) is 0 Å². The molecule has 0 saturated heterocycles. The van der Waals surface area contributed by atoms with Gasteiger partial charge in [0, 0.05) is 5.54 Å². The van der Waals surface area contributed by atoms with Gasteiger partial charge in [-0.05, 0) is 77.1 Å². The summed E-state index contributed by atoms with van der Waals surface area (Å²) in [7, 11) is 0. The highest BCUT2D eigenvalue weighted by Crippen LogP contribution is 2.30. The Bertz CT molecular complexity index is 1180. The zero-order chi connectivity index (χ0) is 25.9. The molecule has 3 rings (SSSR count). The standard InChI is InChI=1S/C25H27N3O7/c1-6-34-17-10-8-16(9-11-17)28-21(30)18-12-7-15(13-19(18)22(28)31)23(32)35-14(2)20(29)26-24(33)27-25(3,4)5/h7-14H,6H2,1-5H3,(H2,26,27,29,33). The number of nitrogens with zero attached hydrogens (tertiary/aromatic N) is 1. The van der Waals surface area contributed by atoms with Gasteiger partial charge in [-0.15, -0.1) is 0 Å². The second kappa shape index (κ2) is 9.96. The number of benzene rings is 2. The lowest BCUT2D eigenvalue weighted by Gasteiger charge is -2.21. The van der Waals surface area contributed by atoms with Crippen molar-refractivity contribution in [2.45, 2.75) is 46.3 Å². The molecule has 0 fully saturated rings. The number of anilines is 1. The number of hydrogen-bond donors (Lipinski definition) is 2. The molecule has 5 amide bonds. The third kappa shape index (κ3) is 5.84. The maximum absolute atomic E-state index is 13.0. The molecule has 184 valence electrons. The highest BCUT2D eigenvalue weighted by molar-refractivity contribution is 6.34. The summed E-state index contributed by atoms with van der Waals surface area (Å²) in [5.74, 6) is -2.20. The number of urea groups is 1. The van der Waals surface area contributed by atoms with Crippen LogP contribution in [0.1, 0.15) is 65.7 Å². The second-order valence-corrected chi connectivity index (χ2v) is 8.87. The molecule has 35 heavy (non-hydrogen) atoms. The Morgan fingerprint density at radius 1 is 0.971 bits per heavy atom. The van der Waals surface area contributed by atoms with Gasteiger partial charge in [-0.1, -0.05) is 0 Å². The van der Waals surface area contributed by atoms with E-state index in [0.717, 1.165) is 4.90 Å². The fraction of sp³-hybridized carbons (Fsp3) is 0.320. The van der Waals surface area contributed by atoms with Crippen LogP contribution in [-0.2, 0) is 9.53 Å². The molecule has 2 aromatic rings. The van der Waals surface area contributed by atoms with Crippen molar-refractivity contribution in [2.75, 3.05) is 11.5 Å². The fourth-order valence-electron chi connectivity index (χ4n) is 3.33. The van der Waals surface area contributed by atoms with Crippen molar-refractivity contribution in [2.24, 2.45) is 0 Å². The predicted molar refractivity (Wildman–Crippen MR) is 126 cm³/mol. The molecule has 0 spiro atoms. The summed E-state index contributed by atoms with van der Waals surface area (Å²) in [6.07, 6.45) is -1.28. The number of carbonyl (C=O) groups is 5. The molecular weight excluding hydrogens is 454 g/mol. The number of hydrogen-bond acceptors (Lipinski definition) is 7. The van der Waals surface area contributed by atoms with Crippen LogP contribution in [-0.4, -0.2) is 48.0 Å². The van der Waals surface area contributed by atoms with E-state index in [2.05, 4.69) is 10.6 Å². The van der Waals surface area contributed by atoms with E-state index < -0.39 is 41.4 Å². The number of ether oxygens (including phenoxy) is 2. The second-order valence-electron chi connectivity index (χ2n) is 8.87. The minimum absolute atomic E-state index is 0.0164. The van der Waals surface area contributed by atoms with Crippen LogP contribution in [0.2, 0.25) is 0 Å². The minimum atomic E-state index is -1.28. The van der Waals surface area contributed by atoms with Crippen LogP contribution in [0.25, 0.3) is 0 Å². The van der Waals surface area contributed by atoms with Gasteiger partial charge in [-0.25, -0.2) is 14.5 Å². The van der Waals surface area contributed by atoms with Crippen LogP contribution in [0.5, 0.6) is 5.75 Å². The number of carbonyl (C=O) groups excluding carboxylic acids is 5. The third-order valence-electron chi connectivity index (χ3n) is 4.91. The summed E-state index contributed by atoms with van der Waals surface area (Å²) < 4.78 is 10.5. The number of imide groups is 2. The molecule has 0 bridgehead atoms. The van der Waals surface area contributed by atoms with Crippen molar-refractivity contribution in [1.82, 2.24) is 10.6 Å². The maximum Gasteiger partial charge on any atom is 0.338 e. The van der Waals surface area contributed by atoms with Crippen LogP contribution in [0, 0.1) is 0 Å². The molecule has 1 aliphatic rings. The van der Waals surface area contributed by atoms with Crippen molar-refractivity contribution >= 4 is 35.4 Å². The number of fused-ring (bicyclic) bond motifs is 1. The van der Waals surface area contributed by atoms with Crippen molar-refractivity contribution in [3.05, 3.63) is 59.2 Å². The first kappa shape index (κ1) is 25.4. The Labute approximate surface area is 202 Å². The van der Waals surface area contributed by atoms with E-state index in [1.165, 1.54) is 25.1 Å². The van der Waals surface area contributed by atoms with Gasteiger partial charge in [0.25, 0.3) is 17.7 Å². The quantitative estimate of drug-likeness (QED) is 0.479. The molecule has 10 nitrogen and oxygen atoms in total. The normalized spacial score (nSPS) is 13.7. The van der Waals surface area contributed by atoms with E-state index in [4.69, 9.17) is 9.47 Å². The van der Waals surface area contributed by atoms with E-state index in [9.17, 15) is 24.0 Å². The molecule has 0 saturated carbocycles. The van der Waals surface area contributed by atoms with Gasteiger partial charge in [-0.3, -0.25) is 19.7 Å². The van der Waals surface area contributed by atoms with Gasteiger partial charge < -0.3 is 14.8 Å². The largest absolute Gasteiger partial charge is 0.494 e. The van der Waals surface area contributed by atoms with Crippen molar-refractivity contribution in [3.8, 4) is 5.75 Å². The zero-order valence-corrected chi connectivity index (χ0v) is 20.1. The lowest BCUT2D eigenvalue weighted by molar-refractivity contribution is -0.127. The molecule has 1 unspecified atom stereocenters. The van der Waals surface area contributed by atoms with Crippen LogP contribution < -0.4 is 20.3 Å². The Morgan fingerprint density at radius 3 is 2.20 bits per heavy atom. The SMILES string of the molecule is CCOc1ccc(N2C(=O)c3ccc(C(=O)OC(C)C(=O)NC(=O)NC(C)(C)C)cc3C2=O)cc1. The number of rotatable bonds is 6. The Balaban J connectivity index is 1.71. The predicted octanol–water partition coefficient (Wildman–Crippen LogP) is 3.06. The summed E-state index contributed by atoms with van der Waals surface area (Å²) in [6, 6.07) is 9.73. The van der Waals surface area contributed by atoms with Gasteiger partial charge in [0.15, 0.2) is 6.10 Å². The average Bonchev–Trinajstić information content (AvgIpc) is 3.02. The Kier molecular flexibility index (Phi) is 7.23. The molecular formula is C25H27N3O7. The van der Waals surface area contributed by atoms with E-state index in [1.807, 2.05) is 6.92 Å². The van der Waals surface area contributed by atoms with Crippen LogP contribution in [0.3, 0.4) is 0 Å². The number of nitrogens with one attached hydrogen (secondary N) is 2. The minimum Gasteiger partial charge on any atom is -0.494 e. The smallest absolute Gasteiger partial charge is 0.338 e. The molecule has 2 aromatic carbocycles. The van der Waals surface area contributed by atoms with Crippen LogP contribution in [0.4, 0.5) is 10.5 Å². The molecule has 1 heterocycles. The zero-order valence-electron chi connectivity index (χ0n) is 20.1. The Hall–Kier alpha value is -4.21. The van der Waals surface area contributed by atoms with E-state index in [-0.39, 0.29) is 16.7 Å². The first-order valence-corrected chi connectivity index (χ1v) is 11.0. The summed E-state index contributed by atoms with van der Waals surface area (Å²) in [6.45, 7) is 8.88. The molecule has 1 atom stereocenters. The lowest BCUT2D eigenvalue weighted by Crippen LogP contribution is -2.50. The number of esters is 1. The van der Waals surface area contributed by atoms with E-state index >= 15 is 0 Å². The molecule has 2 N–H and O–H groups in total. The summed E-state index contributed by atoms with van der Waals surface area (Å²) in [4.78, 5) is 63.5. The first-order valence-electron chi connectivity index (χ1n) is 11.0. The van der Waals surface area contributed by atoms with E-state index in [1.54, 1.807) is 45.0 Å². The van der Waals surface area contributed by atoms with Gasteiger partial charge >= 0.3 is 12.0 Å². The Morgan fingerprint density at radius 2 is 1.60 bits per heavy atom. The fourth-order valence-corrected chi connectivity index (χ4v) is 3.33. The average molecular weight is 482 g/mol. The first-order chi connectivity index (χ1) is 16.4. The maximum atomic E-state index is 13.0. The summed E-state index contributed by atoms with van der Waals surface area (Å²) >= 11 is 0. The highest BCUT2D eigenvalue weighted by Gasteiger charge is 2.37. The molecule has 0 aromatic heterocycles. The van der Waals surface area contributed by atoms with Gasteiger partial charge in [0.2, 0.25) is 0 Å². The van der Waals surface area contributed by atoms with Gasteiger partial charge in [0.05, 0.1) is 29.0 Å². The van der Waals surface area contributed by atoms with Crippen molar-refractivity contribution in [1.29, 1.82) is 0 Å². The van der Waals surface area contributed by atoms with Crippen LogP contribution >= 0.6 is 0 Å². The van der Waals surface area contributed by atoms with Gasteiger partial charge in [0.1, 0.15) is 5.75 Å². The number of amides is 5.